The highest BCUT2D eigenvalue weighted by molar-refractivity contribution is 5.76. The highest BCUT2D eigenvalue weighted by atomic mass is 19.4. The van der Waals surface area contributed by atoms with Crippen molar-refractivity contribution in [3.8, 4) is 0 Å². The van der Waals surface area contributed by atoms with Crippen molar-refractivity contribution in [3.63, 3.8) is 0 Å². The van der Waals surface area contributed by atoms with Crippen molar-refractivity contribution in [3.05, 3.63) is 35.4 Å². The van der Waals surface area contributed by atoms with Crippen LogP contribution in [0.3, 0.4) is 0 Å². The van der Waals surface area contributed by atoms with Crippen LogP contribution in [0.25, 0.3) is 0 Å². The third kappa shape index (κ3) is 5.71. The minimum atomic E-state index is -4.53. The number of nitrogens with zero attached hydrogens (tertiary/aromatic N) is 1. The highest BCUT2D eigenvalue weighted by Gasteiger charge is 2.34. The number of aliphatic hydroxyl groups excluding tert-OH is 1. The summed E-state index contributed by atoms with van der Waals surface area (Å²) in [5.41, 5.74) is -1.09. The Morgan fingerprint density at radius 3 is 2.56 bits per heavy atom. The molecule has 0 spiro atoms. The number of benzene rings is 1. The van der Waals surface area contributed by atoms with Gasteiger partial charge in [0.15, 0.2) is 0 Å². The van der Waals surface area contributed by atoms with E-state index in [1.807, 2.05) is 0 Å². The summed E-state index contributed by atoms with van der Waals surface area (Å²) in [6.07, 6.45) is -3.68. The van der Waals surface area contributed by atoms with Crippen molar-refractivity contribution < 1.29 is 23.1 Å². The van der Waals surface area contributed by atoms with Gasteiger partial charge in [-0.05, 0) is 50.0 Å². The number of hydrogen-bond donors (Lipinski definition) is 2. The molecule has 1 aromatic carbocycles. The monoisotopic (exact) mass is 358 g/mol. The van der Waals surface area contributed by atoms with Gasteiger partial charge in [0.25, 0.3) is 0 Å². The number of likely N-dealkylation sites (tertiary alicyclic amines) is 1. The minimum absolute atomic E-state index is 0.216. The molecule has 1 aliphatic rings. The first-order valence-electron chi connectivity index (χ1n) is 8.64. The topological polar surface area (TPSA) is 52.6 Å². The Balaban J connectivity index is 1.84. The molecule has 7 heteroatoms. The third-order valence-electron chi connectivity index (χ3n) is 4.75. The third-order valence-corrected chi connectivity index (χ3v) is 4.75. The molecule has 0 radical (unpaired) electrons. The molecule has 1 heterocycles. The molecule has 0 aliphatic carbocycles. The number of amides is 1. The molecule has 1 saturated heterocycles. The maximum Gasteiger partial charge on any atom is 0.416 e. The van der Waals surface area contributed by atoms with Crippen LogP contribution in [-0.4, -0.2) is 42.1 Å². The van der Waals surface area contributed by atoms with E-state index in [2.05, 4.69) is 17.1 Å². The van der Waals surface area contributed by atoms with Gasteiger partial charge in [-0.25, -0.2) is 0 Å². The molecule has 0 saturated carbocycles. The quantitative estimate of drug-likeness (QED) is 0.822. The van der Waals surface area contributed by atoms with E-state index in [-0.39, 0.29) is 18.0 Å². The largest absolute Gasteiger partial charge is 0.416 e. The normalized spacial score (nSPS) is 18.1. The number of halogens is 3. The number of rotatable bonds is 6. The number of alkyl halides is 3. The van der Waals surface area contributed by atoms with Crippen LogP contribution >= 0.6 is 0 Å². The lowest BCUT2D eigenvalue weighted by atomic mass is 9.93. The molecular weight excluding hydrogens is 333 g/mol. The Bertz CT molecular complexity index is 570. The average Bonchev–Trinajstić information content (AvgIpc) is 2.59. The molecule has 1 aliphatic heterocycles. The Morgan fingerprint density at radius 1 is 1.32 bits per heavy atom. The SMILES string of the molecule is CCN1CCC(CC(=O)NC[C@@H](O)c2ccccc2C(F)(F)F)CC1. The lowest BCUT2D eigenvalue weighted by molar-refractivity contribution is -0.139. The summed E-state index contributed by atoms with van der Waals surface area (Å²) in [6, 6.07) is 4.89. The molecule has 1 aromatic rings. The molecule has 4 nitrogen and oxygen atoms in total. The first-order chi connectivity index (χ1) is 11.8. The van der Waals surface area contributed by atoms with Gasteiger partial charge in [0.2, 0.25) is 5.91 Å². The van der Waals surface area contributed by atoms with E-state index >= 15 is 0 Å². The maximum absolute atomic E-state index is 13.0. The van der Waals surface area contributed by atoms with Crippen LogP contribution in [0.1, 0.15) is 43.4 Å². The van der Waals surface area contributed by atoms with Crippen molar-refractivity contribution in [2.75, 3.05) is 26.2 Å². The first-order valence-corrected chi connectivity index (χ1v) is 8.64. The van der Waals surface area contributed by atoms with Crippen LogP contribution in [0.15, 0.2) is 24.3 Å². The van der Waals surface area contributed by atoms with E-state index in [1.54, 1.807) is 0 Å². The lowest BCUT2D eigenvalue weighted by Crippen LogP contribution is -2.36. The second-order valence-electron chi connectivity index (χ2n) is 6.49. The van der Waals surface area contributed by atoms with Gasteiger partial charge in [0.1, 0.15) is 0 Å². The van der Waals surface area contributed by atoms with Gasteiger partial charge in [-0.2, -0.15) is 13.2 Å². The smallest absolute Gasteiger partial charge is 0.387 e. The summed E-state index contributed by atoms with van der Waals surface area (Å²) in [5, 5.41) is 12.6. The molecule has 0 unspecified atom stereocenters. The Kier molecular flexibility index (Phi) is 6.84. The average molecular weight is 358 g/mol. The van der Waals surface area contributed by atoms with Crippen LogP contribution in [0, 0.1) is 5.92 Å². The molecular formula is C18H25F3N2O2. The predicted molar refractivity (Wildman–Crippen MR) is 88.9 cm³/mol. The summed E-state index contributed by atoms with van der Waals surface area (Å²) >= 11 is 0. The van der Waals surface area contributed by atoms with E-state index in [0.717, 1.165) is 38.5 Å². The van der Waals surface area contributed by atoms with Crippen molar-refractivity contribution in [2.45, 2.75) is 38.5 Å². The molecule has 1 atom stereocenters. The van der Waals surface area contributed by atoms with Gasteiger partial charge in [-0.15, -0.1) is 0 Å². The van der Waals surface area contributed by atoms with Crippen LogP contribution in [-0.2, 0) is 11.0 Å². The molecule has 2 rings (SSSR count). The zero-order valence-electron chi connectivity index (χ0n) is 14.4. The summed E-state index contributed by atoms with van der Waals surface area (Å²) in [7, 11) is 0. The predicted octanol–water partition coefficient (Wildman–Crippen LogP) is 2.98. The Hall–Kier alpha value is -1.60. The molecule has 0 bridgehead atoms. The van der Waals surface area contributed by atoms with Gasteiger partial charge < -0.3 is 15.3 Å². The number of carbonyl (C=O) groups is 1. The zero-order chi connectivity index (χ0) is 18.4. The number of aliphatic hydroxyl groups is 1. The maximum atomic E-state index is 13.0. The summed E-state index contributed by atoms with van der Waals surface area (Å²) in [4.78, 5) is 14.3. The molecule has 1 fully saturated rings. The van der Waals surface area contributed by atoms with E-state index in [0.29, 0.717) is 12.3 Å². The number of piperidine rings is 1. The fourth-order valence-electron chi connectivity index (χ4n) is 3.21. The summed E-state index contributed by atoms with van der Waals surface area (Å²) < 4.78 is 38.9. The van der Waals surface area contributed by atoms with Crippen LogP contribution in [0.4, 0.5) is 13.2 Å². The molecule has 2 N–H and O–H groups in total. The van der Waals surface area contributed by atoms with Crippen molar-refractivity contribution in [1.82, 2.24) is 10.2 Å². The van der Waals surface area contributed by atoms with Crippen LogP contribution in [0.2, 0.25) is 0 Å². The molecule has 0 aromatic heterocycles. The van der Waals surface area contributed by atoms with Crippen LogP contribution < -0.4 is 5.32 Å². The lowest BCUT2D eigenvalue weighted by Gasteiger charge is -2.30. The van der Waals surface area contributed by atoms with Gasteiger partial charge in [-0.1, -0.05) is 25.1 Å². The second kappa shape index (κ2) is 8.67. The van der Waals surface area contributed by atoms with Gasteiger partial charge in [0, 0.05) is 13.0 Å². The minimum Gasteiger partial charge on any atom is -0.387 e. The standard InChI is InChI=1S/C18H25F3N2O2/c1-2-23-9-7-13(8-10-23)11-17(25)22-12-16(24)14-5-3-4-6-15(14)18(19,20)21/h3-6,13,16,24H,2,7-12H2,1H3,(H,22,25)/t16-/m1/s1. The Morgan fingerprint density at radius 2 is 1.96 bits per heavy atom. The van der Waals surface area contributed by atoms with E-state index < -0.39 is 17.8 Å². The van der Waals surface area contributed by atoms with Crippen molar-refractivity contribution >= 4 is 5.91 Å². The zero-order valence-corrected chi connectivity index (χ0v) is 14.4. The van der Waals surface area contributed by atoms with Gasteiger partial charge in [-0.3, -0.25) is 4.79 Å². The van der Waals surface area contributed by atoms with Crippen molar-refractivity contribution in [2.24, 2.45) is 5.92 Å². The van der Waals surface area contributed by atoms with E-state index in [4.69, 9.17) is 0 Å². The van der Waals surface area contributed by atoms with Gasteiger partial charge in [0.05, 0.1) is 11.7 Å². The van der Waals surface area contributed by atoms with Crippen molar-refractivity contribution in [1.29, 1.82) is 0 Å². The van der Waals surface area contributed by atoms with E-state index in [9.17, 15) is 23.1 Å². The Labute approximate surface area is 146 Å². The molecule has 140 valence electrons. The fourth-order valence-corrected chi connectivity index (χ4v) is 3.21. The summed E-state index contributed by atoms with van der Waals surface area (Å²) in [5.74, 6) is 0.0703. The first kappa shape index (κ1) is 19.7. The number of nitrogens with one attached hydrogen (secondary N) is 1. The second-order valence-corrected chi connectivity index (χ2v) is 6.49. The number of hydrogen-bond acceptors (Lipinski definition) is 3. The fraction of sp³-hybridized carbons (Fsp3) is 0.611. The highest BCUT2D eigenvalue weighted by Crippen LogP contribution is 2.34. The van der Waals surface area contributed by atoms with Crippen LogP contribution in [0.5, 0.6) is 0 Å². The molecule has 25 heavy (non-hydrogen) atoms. The number of carbonyl (C=O) groups excluding carboxylic acids is 1. The summed E-state index contributed by atoms with van der Waals surface area (Å²) in [6.45, 7) is 4.82. The van der Waals surface area contributed by atoms with E-state index in [1.165, 1.54) is 18.2 Å². The molecule has 1 amide bonds. The van der Waals surface area contributed by atoms with Gasteiger partial charge >= 0.3 is 6.18 Å².